The molecule has 248 valence electrons. The number of hydrogen-bond donors (Lipinski definition) is 0. The van der Waals surface area contributed by atoms with Gasteiger partial charge < -0.3 is 0 Å². The SMILES string of the molecule is c1ccc(-c2nc(-c3ccc(-c4cccc5cccnc45)cc3)nc(-c3ccc4c(c3)-c3ccccc3C4(c3ccccc3)c3ccccc3)n2)cc1. The summed E-state index contributed by atoms with van der Waals surface area (Å²) in [5.41, 5.74) is 12.9. The highest BCUT2D eigenvalue weighted by Crippen LogP contribution is 2.56. The lowest BCUT2D eigenvalue weighted by molar-refractivity contribution is 0.768. The lowest BCUT2D eigenvalue weighted by Crippen LogP contribution is -2.28. The zero-order chi connectivity index (χ0) is 35.2. The van der Waals surface area contributed by atoms with E-state index in [0.29, 0.717) is 17.5 Å². The zero-order valence-electron chi connectivity index (χ0n) is 28.8. The molecule has 0 amide bonds. The topological polar surface area (TPSA) is 51.6 Å². The highest BCUT2D eigenvalue weighted by Gasteiger charge is 2.46. The average molecular weight is 677 g/mol. The Morgan fingerprint density at radius 1 is 0.340 bits per heavy atom. The Balaban J connectivity index is 1.14. The summed E-state index contributed by atoms with van der Waals surface area (Å²) in [7, 11) is 0. The van der Waals surface area contributed by atoms with Gasteiger partial charge in [0.2, 0.25) is 0 Å². The molecule has 1 aliphatic rings. The molecule has 4 nitrogen and oxygen atoms in total. The van der Waals surface area contributed by atoms with E-state index in [2.05, 4.69) is 157 Å². The van der Waals surface area contributed by atoms with Gasteiger partial charge in [0, 0.05) is 33.8 Å². The minimum absolute atomic E-state index is 0.465. The molecular formula is C49H32N4. The molecule has 53 heavy (non-hydrogen) atoms. The minimum Gasteiger partial charge on any atom is -0.256 e. The van der Waals surface area contributed by atoms with E-state index < -0.39 is 5.41 Å². The number of pyridine rings is 1. The molecule has 4 heteroatoms. The van der Waals surface area contributed by atoms with Crippen molar-refractivity contribution in [1.82, 2.24) is 19.9 Å². The van der Waals surface area contributed by atoms with Crippen molar-refractivity contribution >= 4 is 10.9 Å². The first kappa shape index (κ1) is 30.8. The zero-order valence-corrected chi connectivity index (χ0v) is 28.8. The van der Waals surface area contributed by atoms with Crippen LogP contribution in [-0.4, -0.2) is 19.9 Å². The Hall–Kier alpha value is -7.04. The summed E-state index contributed by atoms with van der Waals surface area (Å²) >= 11 is 0. The lowest BCUT2D eigenvalue weighted by Gasteiger charge is -2.33. The summed E-state index contributed by atoms with van der Waals surface area (Å²) in [6.07, 6.45) is 1.85. The molecule has 2 heterocycles. The summed E-state index contributed by atoms with van der Waals surface area (Å²) in [5.74, 6) is 1.89. The molecular weight excluding hydrogens is 645 g/mol. The van der Waals surface area contributed by atoms with Crippen LogP contribution >= 0.6 is 0 Å². The first-order chi connectivity index (χ1) is 26.3. The van der Waals surface area contributed by atoms with Crippen molar-refractivity contribution in [3.8, 4) is 56.4 Å². The van der Waals surface area contributed by atoms with E-state index in [4.69, 9.17) is 15.0 Å². The van der Waals surface area contributed by atoms with Crippen molar-refractivity contribution in [2.75, 3.05) is 0 Å². The molecule has 10 rings (SSSR count). The quantitative estimate of drug-likeness (QED) is 0.176. The lowest BCUT2D eigenvalue weighted by atomic mass is 9.67. The number of nitrogens with zero attached hydrogens (tertiary/aromatic N) is 4. The van der Waals surface area contributed by atoms with Gasteiger partial charge in [0.25, 0.3) is 0 Å². The van der Waals surface area contributed by atoms with Crippen molar-refractivity contribution < 1.29 is 0 Å². The van der Waals surface area contributed by atoms with Crippen LogP contribution < -0.4 is 0 Å². The molecule has 0 N–H and O–H groups in total. The van der Waals surface area contributed by atoms with Crippen molar-refractivity contribution in [3.63, 3.8) is 0 Å². The van der Waals surface area contributed by atoms with Crippen LogP contribution in [0.1, 0.15) is 22.3 Å². The predicted octanol–water partition coefficient (Wildman–Crippen LogP) is 11.5. The summed E-state index contributed by atoms with van der Waals surface area (Å²) in [6, 6.07) is 66.2. The molecule has 7 aromatic carbocycles. The van der Waals surface area contributed by atoms with Crippen molar-refractivity contribution in [3.05, 3.63) is 217 Å². The number of rotatable bonds is 6. The maximum Gasteiger partial charge on any atom is 0.164 e. The largest absolute Gasteiger partial charge is 0.256 e. The van der Waals surface area contributed by atoms with E-state index in [1.165, 1.54) is 33.4 Å². The number of hydrogen-bond acceptors (Lipinski definition) is 4. The smallest absolute Gasteiger partial charge is 0.164 e. The van der Waals surface area contributed by atoms with Crippen LogP contribution in [0.15, 0.2) is 194 Å². The third-order valence-electron chi connectivity index (χ3n) is 10.5. The molecule has 2 aromatic heterocycles. The van der Waals surface area contributed by atoms with E-state index in [0.717, 1.165) is 38.7 Å². The van der Waals surface area contributed by atoms with Gasteiger partial charge in [0.05, 0.1) is 10.9 Å². The number of fused-ring (bicyclic) bond motifs is 4. The Kier molecular flexibility index (Phi) is 7.33. The minimum atomic E-state index is -0.465. The number of aromatic nitrogens is 4. The Bertz CT molecular complexity index is 2720. The van der Waals surface area contributed by atoms with Gasteiger partial charge in [-0.3, -0.25) is 4.98 Å². The summed E-state index contributed by atoms with van der Waals surface area (Å²) < 4.78 is 0. The Morgan fingerprint density at radius 3 is 1.55 bits per heavy atom. The molecule has 0 saturated carbocycles. The molecule has 0 radical (unpaired) electrons. The summed E-state index contributed by atoms with van der Waals surface area (Å²) in [4.78, 5) is 20.0. The van der Waals surface area contributed by atoms with E-state index in [9.17, 15) is 0 Å². The fraction of sp³-hybridized carbons (Fsp3) is 0.0204. The molecule has 0 spiro atoms. The van der Waals surface area contributed by atoms with Gasteiger partial charge in [-0.05, 0) is 51.1 Å². The van der Waals surface area contributed by atoms with Crippen LogP contribution in [0.25, 0.3) is 67.3 Å². The van der Waals surface area contributed by atoms with Gasteiger partial charge in [-0.25, -0.2) is 15.0 Å². The van der Waals surface area contributed by atoms with Crippen LogP contribution in [0.3, 0.4) is 0 Å². The predicted molar refractivity (Wildman–Crippen MR) is 214 cm³/mol. The van der Waals surface area contributed by atoms with Gasteiger partial charge in [-0.1, -0.05) is 176 Å². The third kappa shape index (κ3) is 5.07. The van der Waals surface area contributed by atoms with Crippen LogP contribution in [0.2, 0.25) is 0 Å². The van der Waals surface area contributed by atoms with Crippen molar-refractivity contribution in [2.24, 2.45) is 0 Å². The third-order valence-corrected chi connectivity index (χ3v) is 10.5. The highest BCUT2D eigenvalue weighted by atomic mass is 15.0. The maximum absolute atomic E-state index is 5.15. The van der Waals surface area contributed by atoms with Gasteiger partial charge in [0.15, 0.2) is 17.5 Å². The average Bonchev–Trinajstić information content (AvgIpc) is 3.55. The molecule has 9 aromatic rings. The molecule has 0 fully saturated rings. The number of benzene rings is 7. The van der Waals surface area contributed by atoms with E-state index in [1.54, 1.807) is 0 Å². The molecule has 0 unspecified atom stereocenters. The molecule has 1 aliphatic carbocycles. The van der Waals surface area contributed by atoms with Crippen LogP contribution in [0, 0.1) is 0 Å². The Labute approximate surface area is 308 Å². The van der Waals surface area contributed by atoms with Crippen molar-refractivity contribution in [2.45, 2.75) is 5.41 Å². The highest BCUT2D eigenvalue weighted by molar-refractivity contribution is 5.94. The van der Waals surface area contributed by atoms with Crippen LogP contribution in [0.5, 0.6) is 0 Å². The van der Waals surface area contributed by atoms with Gasteiger partial charge in [-0.15, -0.1) is 0 Å². The monoisotopic (exact) mass is 676 g/mol. The summed E-state index contributed by atoms with van der Waals surface area (Å²) in [5, 5.41) is 1.12. The van der Waals surface area contributed by atoms with E-state index >= 15 is 0 Å². The van der Waals surface area contributed by atoms with Crippen LogP contribution in [-0.2, 0) is 5.41 Å². The fourth-order valence-electron chi connectivity index (χ4n) is 8.07. The molecule has 0 bridgehead atoms. The normalized spacial score (nSPS) is 12.7. The second-order valence-electron chi connectivity index (χ2n) is 13.4. The van der Waals surface area contributed by atoms with E-state index in [-0.39, 0.29) is 0 Å². The Morgan fingerprint density at radius 2 is 0.849 bits per heavy atom. The summed E-state index contributed by atoms with van der Waals surface area (Å²) in [6.45, 7) is 0. The first-order valence-corrected chi connectivity index (χ1v) is 17.9. The van der Waals surface area contributed by atoms with E-state index in [1.807, 2.05) is 42.6 Å². The second-order valence-corrected chi connectivity index (χ2v) is 13.4. The van der Waals surface area contributed by atoms with Gasteiger partial charge in [-0.2, -0.15) is 0 Å². The van der Waals surface area contributed by atoms with Crippen LogP contribution in [0.4, 0.5) is 0 Å². The number of para-hydroxylation sites is 1. The van der Waals surface area contributed by atoms with Gasteiger partial charge >= 0.3 is 0 Å². The molecule has 0 aliphatic heterocycles. The fourth-order valence-corrected chi connectivity index (χ4v) is 8.07. The van der Waals surface area contributed by atoms with Gasteiger partial charge in [0.1, 0.15) is 0 Å². The maximum atomic E-state index is 5.15. The standard InChI is InChI=1S/C49H32N4/c1-4-14-35(15-5-1)46-51-47(36-27-25-33(26-28-36)40-23-12-16-34-17-13-31-50-45(34)40)53-48(52-46)37-29-30-44-42(32-37)41-22-10-11-24-43(41)49(44,38-18-6-2-7-19-38)39-20-8-3-9-21-39/h1-32H. The van der Waals surface area contributed by atoms with Crippen molar-refractivity contribution in [1.29, 1.82) is 0 Å². The molecule has 0 atom stereocenters. The second kappa shape index (κ2) is 12.6. The molecule has 0 saturated heterocycles. The first-order valence-electron chi connectivity index (χ1n) is 17.9.